The zero-order chi connectivity index (χ0) is 24.8. The average molecular weight is 528 g/mol. The molecule has 0 aliphatic heterocycles. The number of hydrogen-bond acceptors (Lipinski definition) is 4. The molecule has 0 fully saturated rings. The number of fused-ring (bicyclic) bond motifs is 1. The molecule has 34 heavy (non-hydrogen) atoms. The van der Waals surface area contributed by atoms with Crippen molar-refractivity contribution in [2.75, 3.05) is 4.72 Å². The molecular formula is C22H14Cl2F3N3O3S. The number of benzene rings is 3. The Morgan fingerprint density at radius 1 is 0.971 bits per heavy atom. The van der Waals surface area contributed by atoms with Crippen LogP contribution in [0.25, 0.3) is 16.6 Å². The van der Waals surface area contributed by atoms with Crippen molar-refractivity contribution in [2.24, 2.45) is 0 Å². The van der Waals surface area contributed by atoms with Crippen LogP contribution in [0.4, 0.5) is 18.9 Å². The highest BCUT2D eigenvalue weighted by Gasteiger charge is 2.33. The fourth-order valence-corrected chi connectivity index (χ4v) is 5.18. The highest BCUT2D eigenvalue weighted by atomic mass is 35.5. The predicted molar refractivity (Wildman–Crippen MR) is 124 cm³/mol. The molecule has 1 aromatic heterocycles. The number of aromatic nitrogens is 2. The van der Waals surface area contributed by atoms with Gasteiger partial charge in [-0.25, -0.2) is 13.4 Å². The Kier molecular flexibility index (Phi) is 6.09. The van der Waals surface area contributed by atoms with Crippen molar-refractivity contribution in [1.29, 1.82) is 0 Å². The molecule has 4 rings (SSSR count). The highest BCUT2D eigenvalue weighted by molar-refractivity contribution is 7.92. The maximum atomic E-state index is 13.1. The van der Waals surface area contributed by atoms with Crippen LogP contribution in [0.15, 0.2) is 70.4 Å². The Labute approximate surface area is 201 Å². The summed E-state index contributed by atoms with van der Waals surface area (Å²) in [5, 5.41) is -0.102. The summed E-state index contributed by atoms with van der Waals surface area (Å²) in [6.45, 7) is 1.61. The van der Waals surface area contributed by atoms with Gasteiger partial charge in [-0.3, -0.25) is 14.1 Å². The third-order valence-corrected chi connectivity index (χ3v) is 7.12. The summed E-state index contributed by atoms with van der Waals surface area (Å²) in [5.41, 5.74) is -0.984. The van der Waals surface area contributed by atoms with E-state index in [9.17, 15) is 26.4 Å². The molecule has 4 aromatic rings. The molecule has 0 radical (unpaired) electrons. The average Bonchev–Trinajstić information content (AvgIpc) is 2.75. The zero-order valence-electron chi connectivity index (χ0n) is 17.2. The standard InChI is InChI=1S/C22H14Cl2F3N3O3S/c1-12-28-18-5-3-2-4-15(18)21(31)30(12)14-7-9-16(23)19(11-14)29-34(32,33)20-10-13(22(25,26)27)6-8-17(20)24/h2-11,29H,1H3. The van der Waals surface area contributed by atoms with Crippen LogP contribution in [-0.4, -0.2) is 18.0 Å². The van der Waals surface area contributed by atoms with Crippen molar-refractivity contribution in [1.82, 2.24) is 9.55 Å². The summed E-state index contributed by atoms with van der Waals surface area (Å²) in [7, 11) is -4.57. The molecule has 0 spiro atoms. The molecule has 0 saturated carbocycles. The number of halogens is 5. The van der Waals surface area contributed by atoms with Gasteiger partial charge in [-0.1, -0.05) is 35.3 Å². The minimum Gasteiger partial charge on any atom is -0.278 e. The smallest absolute Gasteiger partial charge is 0.278 e. The van der Waals surface area contributed by atoms with E-state index in [2.05, 4.69) is 9.71 Å². The molecule has 12 heteroatoms. The van der Waals surface area contributed by atoms with Gasteiger partial charge in [0.25, 0.3) is 15.6 Å². The Balaban J connectivity index is 1.81. The van der Waals surface area contributed by atoms with E-state index in [0.29, 0.717) is 28.9 Å². The first-order valence-corrected chi connectivity index (χ1v) is 11.8. The third kappa shape index (κ3) is 4.48. The fourth-order valence-electron chi connectivity index (χ4n) is 3.36. The molecule has 6 nitrogen and oxygen atoms in total. The maximum absolute atomic E-state index is 13.1. The van der Waals surface area contributed by atoms with Crippen LogP contribution in [-0.2, 0) is 16.2 Å². The van der Waals surface area contributed by atoms with Crippen LogP contribution in [0.1, 0.15) is 11.4 Å². The molecule has 1 heterocycles. The summed E-state index contributed by atoms with van der Waals surface area (Å²) in [4.78, 5) is 16.7. The second kappa shape index (κ2) is 8.61. The van der Waals surface area contributed by atoms with Crippen molar-refractivity contribution < 1.29 is 21.6 Å². The molecule has 0 bridgehead atoms. The van der Waals surface area contributed by atoms with Crippen molar-refractivity contribution in [3.05, 3.63) is 92.5 Å². The van der Waals surface area contributed by atoms with Gasteiger partial charge in [0.1, 0.15) is 10.7 Å². The van der Waals surface area contributed by atoms with Crippen molar-refractivity contribution in [2.45, 2.75) is 18.0 Å². The largest absolute Gasteiger partial charge is 0.416 e. The Morgan fingerprint density at radius 3 is 2.35 bits per heavy atom. The number of rotatable bonds is 4. The van der Waals surface area contributed by atoms with Gasteiger partial charge in [0.15, 0.2) is 0 Å². The van der Waals surface area contributed by atoms with Gasteiger partial charge < -0.3 is 0 Å². The molecule has 176 valence electrons. The second-order valence-corrected chi connectivity index (χ2v) is 9.69. The summed E-state index contributed by atoms with van der Waals surface area (Å²) < 4.78 is 68.5. The number of anilines is 1. The predicted octanol–water partition coefficient (Wildman–Crippen LogP) is 5.82. The molecular weight excluding hydrogens is 514 g/mol. The summed E-state index contributed by atoms with van der Waals surface area (Å²) in [6, 6.07) is 12.8. The Morgan fingerprint density at radius 2 is 1.65 bits per heavy atom. The molecule has 1 N–H and O–H groups in total. The van der Waals surface area contributed by atoms with E-state index in [1.807, 2.05) is 0 Å². The zero-order valence-corrected chi connectivity index (χ0v) is 19.5. The van der Waals surface area contributed by atoms with E-state index in [-0.39, 0.29) is 22.0 Å². The lowest BCUT2D eigenvalue weighted by molar-refractivity contribution is -0.137. The topological polar surface area (TPSA) is 81.1 Å². The molecule has 0 amide bonds. The van der Waals surface area contributed by atoms with Gasteiger partial charge in [0, 0.05) is 0 Å². The van der Waals surface area contributed by atoms with Crippen LogP contribution in [0.3, 0.4) is 0 Å². The molecule has 0 unspecified atom stereocenters. The minimum atomic E-state index is -4.77. The van der Waals surface area contributed by atoms with Crippen LogP contribution in [0, 0.1) is 6.92 Å². The fraction of sp³-hybridized carbons (Fsp3) is 0.0909. The first-order valence-electron chi connectivity index (χ1n) is 9.56. The molecule has 0 atom stereocenters. The summed E-state index contributed by atoms with van der Waals surface area (Å²) in [6.07, 6.45) is -4.77. The number of sulfonamides is 1. The van der Waals surface area contributed by atoms with Gasteiger partial charge in [-0.15, -0.1) is 0 Å². The van der Waals surface area contributed by atoms with Gasteiger partial charge in [-0.2, -0.15) is 13.2 Å². The molecule has 0 aliphatic carbocycles. The minimum absolute atomic E-state index is 0.0464. The van der Waals surface area contributed by atoms with Gasteiger partial charge in [-0.05, 0) is 55.5 Å². The quantitative estimate of drug-likeness (QED) is 0.362. The lowest BCUT2D eigenvalue weighted by Gasteiger charge is -2.16. The lowest BCUT2D eigenvalue weighted by atomic mass is 10.2. The Hall–Kier alpha value is -3.08. The van der Waals surface area contributed by atoms with E-state index in [1.165, 1.54) is 22.8 Å². The van der Waals surface area contributed by atoms with Crippen LogP contribution < -0.4 is 10.3 Å². The van der Waals surface area contributed by atoms with Crippen molar-refractivity contribution >= 4 is 49.8 Å². The lowest BCUT2D eigenvalue weighted by Crippen LogP contribution is -2.22. The summed E-state index contributed by atoms with van der Waals surface area (Å²) >= 11 is 12.0. The van der Waals surface area contributed by atoms with E-state index >= 15 is 0 Å². The first-order chi connectivity index (χ1) is 15.9. The normalized spacial score (nSPS) is 12.2. The van der Waals surface area contributed by atoms with Crippen LogP contribution in [0.2, 0.25) is 10.0 Å². The van der Waals surface area contributed by atoms with Gasteiger partial charge in [0.2, 0.25) is 0 Å². The second-order valence-electron chi connectivity index (χ2n) is 7.23. The number of aryl methyl sites for hydroxylation is 1. The number of para-hydroxylation sites is 1. The van der Waals surface area contributed by atoms with E-state index in [1.54, 1.807) is 31.2 Å². The van der Waals surface area contributed by atoms with E-state index in [0.717, 1.165) is 6.07 Å². The molecule has 3 aromatic carbocycles. The van der Waals surface area contributed by atoms with Crippen molar-refractivity contribution in [3.8, 4) is 5.69 Å². The third-order valence-electron chi connectivity index (χ3n) is 4.94. The van der Waals surface area contributed by atoms with Gasteiger partial charge >= 0.3 is 6.18 Å². The van der Waals surface area contributed by atoms with Crippen LogP contribution >= 0.6 is 23.2 Å². The van der Waals surface area contributed by atoms with E-state index < -0.39 is 31.7 Å². The number of nitrogens with one attached hydrogen (secondary N) is 1. The number of nitrogens with zero attached hydrogens (tertiary/aromatic N) is 2. The summed E-state index contributed by atoms with van der Waals surface area (Å²) in [5.74, 6) is 0.334. The maximum Gasteiger partial charge on any atom is 0.416 e. The molecule has 0 aliphatic rings. The number of alkyl halides is 3. The monoisotopic (exact) mass is 527 g/mol. The Bertz CT molecular complexity index is 1600. The molecule has 0 saturated heterocycles. The highest BCUT2D eigenvalue weighted by Crippen LogP contribution is 2.35. The van der Waals surface area contributed by atoms with Crippen molar-refractivity contribution in [3.63, 3.8) is 0 Å². The van der Waals surface area contributed by atoms with Crippen LogP contribution in [0.5, 0.6) is 0 Å². The van der Waals surface area contributed by atoms with Gasteiger partial charge in [0.05, 0.1) is 37.9 Å². The van der Waals surface area contributed by atoms with E-state index in [4.69, 9.17) is 23.2 Å². The first kappa shape index (κ1) is 24.1. The SMILES string of the molecule is Cc1nc2ccccc2c(=O)n1-c1ccc(Cl)c(NS(=O)(=O)c2cc(C(F)(F)F)ccc2Cl)c1. The number of hydrogen-bond donors (Lipinski definition) is 1.